The van der Waals surface area contributed by atoms with Crippen molar-refractivity contribution in [2.24, 2.45) is 0 Å². The predicted octanol–water partition coefficient (Wildman–Crippen LogP) is 0.949. The molecule has 0 spiro atoms. The van der Waals surface area contributed by atoms with Crippen LogP contribution in [-0.2, 0) is 19.6 Å². The van der Waals surface area contributed by atoms with Crippen molar-refractivity contribution in [2.75, 3.05) is 26.4 Å². The minimum absolute atomic E-state index is 0.0800. The molecular weight excluding hydrogens is 310 g/mol. The van der Waals surface area contributed by atoms with E-state index in [2.05, 4.69) is 0 Å². The second-order valence-corrected chi connectivity index (χ2v) is 6.74. The van der Waals surface area contributed by atoms with Crippen molar-refractivity contribution in [1.82, 2.24) is 4.31 Å². The number of benzene rings is 1. The molecule has 1 fully saturated rings. The van der Waals surface area contributed by atoms with E-state index in [1.54, 1.807) is 12.1 Å². The molecule has 0 aliphatic carbocycles. The monoisotopic (exact) mass is 329 g/mol. The molecule has 122 valence electrons. The lowest BCUT2D eigenvalue weighted by atomic mass is 10.2. The summed E-state index contributed by atoms with van der Waals surface area (Å²) in [6, 6.07) is 5.50. The summed E-state index contributed by atoms with van der Waals surface area (Å²) in [4.78, 5) is 11.0. The van der Waals surface area contributed by atoms with Crippen LogP contribution < -0.4 is 4.74 Å². The lowest BCUT2D eigenvalue weighted by molar-refractivity contribution is -0.139. The molecule has 8 heteroatoms. The molecule has 0 bridgehead atoms. The number of nitrogens with zero attached hydrogens (tertiary/aromatic N) is 1. The molecule has 0 radical (unpaired) electrons. The fourth-order valence-electron chi connectivity index (χ4n) is 2.34. The number of hydrogen-bond donors (Lipinski definition) is 1. The number of aliphatic carboxylic acids is 1. The summed E-state index contributed by atoms with van der Waals surface area (Å²) in [5, 5.41) is 8.94. The fraction of sp³-hybridized carbons (Fsp3) is 0.500. The Balaban J connectivity index is 2.30. The highest BCUT2D eigenvalue weighted by molar-refractivity contribution is 7.89. The minimum atomic E-state index is -3.79. The molecule has 1 aromatic carbocycles. The number of carboxylic acids is 1. The first-order valence-corrected chi connectivity index (χ1v) is 8.43. The van der Waals surface area contributed by atoms with Crippen LogP contribution in [0.4, 0.5) is 0 Å². The van der Waals surface area contributed by atoms with Gasteiger partial charge in [0, 0.05) is 12.6 Å². The second kappa shape index (κ2) is 7.08. The maximum absolute atomic E-state index is 12.8. The van der Waals surface area contributed by atoms with E-state index < -0.39 is 22.0 Å². The maximum Gasteiger partial charge on any atom is 0.305 e. The quantitative estimate of drug-likeness (QED) is 0.835. The van der Waals surface area contributed by atoms with E-state index in [0.29, 0.717) is 12.4 Å². The Bertz CT molecular complexity index is 630. The Kier molecular flexibility index (Phi) is 5.38. The van der Waals surface area contributed by atoms with E-state index in [9.17, 15) is 13.2 Å². The van der Waals surface area contributed by atoms with Crippen LogP contribution in [0.3, 0.4) is 0 Å². The molecule has 1 saturated heterocycles. The van der Waals surface area contributed by atoms with Crippen molar-refractivity contribution >= 4 is 16.0 Å². The number of hydrogen-bond acceptors (Lipinski definition) is 5. The molecule has 1 heterocycles. The van der Waals surface area contributed by atoms with Gasteiger partial charge in [0.15, 0.2) is 0 Å². The molecule has 1 N–H and O–H groups in total. The molecular formula is C14H19NO6S. The summed E-state index contributed by atoms with van der Waals surface area (Å²) in [6.07, 6.45) is -0.287. The Morgan fingerprint density at radius 2 is 2.27 bits per heavy atom. The van der Waals surface area contributed by atoms with E-state index in [-0.39, 0.29) is 31.1 Å². The first-order chi connectivity index (χ1) is 10.4. The molecule has 1 atom stereocenters. The number of sulfonamides is 1. The van der Waals surface area contributed by atoms with Gasteiger partial charge in [-0.1, -0.05) is 6.07 Å². The third kappa shape index (κ3) is 3.76. The Hall–Kier alpha value is -1.64. The third-order valence-electron chi connectivity index (χ3n) is 3.31. The first-order valence-electron chi connectivity index (χ1n) is 6.99. The SMILES string of the molecule is CCOc1cccc(S(=O)(=O)N2CCOCC2CC(=O)O)c1. The van der Waals surface area contributed by atoms with Gasteiger partial charge < -0.3 is 14.6 Å². The van der Waals surface area contributed by atoms with E-state index in [1.165, 1.54) is 16.4 Å². The van der Waals surface area contributed by atoms with Gasteiger partial charge in [0.1, 0.15) is 5.75 Å². The summed E-state index contributed by atoms with van der Waals surface area (Å²) in [5.41, 5.74) is 0. The van der Waals surface area contributed by atoms with Crippen molar-refractivity contribution in [2.45, 2.75) is 24.3 Å². The van der Waals surface area contributed by atoms with Crippen LogP contribution in [-0.4, -0.2) is 56.2 Å². The average molecular weight is 329 g/mol. The van der Waals surface area contributed by atoms with Gasteiger partial charge in [-0.05, 0) is 19.1 Å². The van der Waals surface area contributed by atoms with Gasteiger partial charge in [-0.2, -0.15) is 4.31 Å². The minimum Gasteiger partial charge on any atom is -0.494 e. The van der Waals surface area contributed by atoms with Crippen molar-refractivity contribution < 1.29 is 27.8 Å². The zero-order valence-electron chi connectivity index (χ0n) is 12.3. The standard InChI is InChI=1S/C14H19NO6S/c1-2-21-12-4-3-5-13(9-12)22(18,19)15-6-7-20-10-11(15)8-14(16)17/h3-5,9,11H,2,6-8,10H2,1H3,(H,16,17). The van der Waals surface area contributed by atoms with Crippen LogP contribution in [0.2, 0.25) is 0 Å². The number of ether oxygens (including phenoxy) is 2. The molecule has 1 unspecified atom stereocenters. The molecule has 7 nitrogen and oxygen atoms in total. The summed E-state index contributed by atoms with van der Waals surface area (Å²) in [7, 11) is -3.79. The number of rotatable bonds is 6. The van der Waals surface area contributed by atoms with Gasteiger partial charge in [0.2, 0.25) is 10.0 Å². The van der Waals surface area contributed by atoms with Crippen LogP contribution in [0.5, 0.6) is 5.75 Å². The molecule has 0 saturated carbocycles. The smallest absolute Gasteiger partial charge is 0.305 e. The van der Waals surface area contributed by atoms with Gasteiger partial charge in [0.25, 0.3) is 0 Å². The first kappa shape index (κ1) is 16.7. The maximum atomic E-state index is 12.8. The number of morpholine rings is 1. The zero-order chi connectivity index (χ0) is 16.2. The lowest BCUT2D eigenvalue weighted by Gasteiger charge is -2.33. The predicted molar refractivity (Wildman–Crippen MR) is 78.4 cm³/mol. The average Bonchev–Trinajstić information content (AvgIpc) is 2.48. The largest absolute Gasteiger partial charge is 0.494 e. The van der Waals surface area contributed by atoms with Crippen LogP contribution >= 0.6 is 0 Å². The van der Waals surface area contributed by atoms with E-state index >= 15 is 0 Å². The molecule has 1 aliphatic heterocycles. The van der Waals surface area contributed by atoms with Gasteiger partial charge in [-0.15, -0.1) is 0 Å². The lowest BCUT2D eigenvalue weighted by Crippen LogP contribution is -2.49. The fourth-order valence-corrected chi connectivity index (χ4v) is 3.97. The van der Waals surface area contributed by atoms with E-state index in [1.807, 2.05) is 6.92 Å². The molecule has 1 aliphatic rings. The molecule has 0 aromatic heterocycles. The molecule has 1 aromatic rings. The topological polar surface area (TPSA) is 93.1 Å². The zero-order valence-corrected chi connectivity index (χ0v) is 13.1. The molecule has 0 amide bonds. The van der Waals surface area contributed by atoms with Gasteiger partial charge >= 0.3 is 5.97 Å². The highest BCUT2D eigenvalue weighted by Gasteiger charge is 2.35. The third-order valence-corrected chi connectivity index (χ3v) is 5.25. The van der Waals surface area contributed by atoms with Crippen molar-refractivity contribution in [3.05, 3.63) is 24.3 Å². The highest BCUT2D eigenvalue weighted by Crippen LogP contribution is 2.25. The van der Waals surface area contributed by atoms with Crippen LogP contribution in [0.1, 0.15) is 13.3 Å². The van der Waals surface area contributed by atoms with Gasteiger partial charge in [0.05, 0.1) is 37.2 Å². The van der Waals surface area contributed by atoms with E-state index in [4.69, 9.17) is 14.6 Å². The van der Waals surface area contributed by atoms with Crippen molar-refractivity contribution in [1.29, 1.82) is 0 Å². The summed E-state index contributed by atoms with van der Waals surface area (Å²) in [6.45, 7) is 2.71. The van der Waals surface area contributed by atoms with Crippen molar-refractivity contribution in [3.63, 3.8) is 0 Å². The summed E-state index contributed by atoms with van der Waals surface area (Å²) < 4.78 is 37.3. The Morgan fingerprint density at radius 3 is 2.95 bits per heavy atom. The normalized spacial score (nSPS) is 19.8. The van der Waals surface area contributed by atoms with Crippen molar-refractivity contribution in [3.8, 4) is 5.75 Å². The number of carboxylic acid groups (broad SMARTS) is 1. The van der Waals surface area contributed by atoms with Gasteiger partial charge in [-0.25, -0.2) is 8.42 Å². The molecule has 22 heavy (non-hydrogen) atoms. The Labute approximate surface area is 129 Å². The second-order valence-electron chi connectivity index (χ2n) is 4.85. The summed E-state index contributed by atoms with van der Waals surface area (Å²) in [5.74, 6) is -0.592. The van der Waals surface area contributed by atoms with E-state index in [0.717, 1.165) is 0 Å². The summed E-state index contributed by atoms with van der Waals surface area (Å²) >= 11 is 0. The molecule has 2 rings (SSSR count). The Morgan fingerprint density at radius 1 is 1.50 bits per heavy atom. The van der Waals surface area contributed by atoms with Crippen LogP contribution in [0.15, 0.2) is 29.2 Å². The van der Waals surface area contributed by atoms with Crippen LogP contribution in [0, 0.1) is 0 Å². The highest BCUT2D eigenvalue weighted by atomic mass is 32.2. The number of carbonyl (C=O) groups is 1. The van der Waals surface area contributed by atoms with Gasteiger partial charge in [-0.3, -0.25) is 4.79 Å². The van der Waals surface area contributed by atoms with Crippen LogP contribution in [0.25, 0.3) is 0 Å².